The Balaban J connectivity index is 1.68. The van der Waals surface area contributed by atoms with Gasteiger partial charge in [-0.1, -0.05) is 18.2 Å². The SMILES string of the molecule is COc1ccc([C@@H]2Nc3ccccc3NC3=C2C(=O)C[C@H](c2cccs2)C3)c(OC)c1OC. The molecule has 1 aliphatic heterocycles. The first-order valence-corrected chi connectivity index (χ1v) is 11.7. The molecule has 0 saturated carbocycles. The number of Topliss-reactive ketones (excluding diaryl/α,β-unsaturated/α-hetero) is 1. The highest BCUT2D eigenvalue weighted by Gasteiger charge is 2.38. The summed E-state index contributed by atoms with van der Waals surface area (Å²) in [6.45, 7) is 0. The molecule has 7 heteroatoms. The summed E-state index contributed by atoms with van der Waals surface area (Å²) < 4.78 is 16.9. The maximum absolute atomic E-state index is 13.7. The molecule has 0 bridgehead atoms. The minimum atomic E-state index is -0.400. The molecular formula is C26H26N2O4S. The zero-order valence-electron chi connectivity index (χ0n) is 18.8. The van der Waals surface area contributed by atoms with E-state index in [2.05, 4.69) is 22.1 Å². The molecule has 33 heavy (non-hydrogen) atoms. The van der Waals surface area contributed by atoms with Crippen molar-refractivity contribution in [3.8, 4) is 17.2 Å². The highest BCUT2D eigenvalue weighted by molar-refractivity contribution is 7.10. The smallest absolute Gasteiger partial charge is 0.203 e. The van der Waals surface area contributed by atoms with E-state index in [0.717, 1.165) is 34.6 Å². The van der Waals surface area contributed by atoms with Crippen LogP contribution in [0.4, 0.5) is 11.4 Å². The molecule has 0 radical (unpaired) electrons. The van der Waals surface area contributed by atoms with Gasteiger partial charge in [0, 0.05) is 34.0 Å². The molecule has 170 valence electrons. The fourth-order valence-corrected chi connectivity index (χ4v) is 5.63. The second-order valence-electron chi connectivity index (χ2n) is 8.11. The van der Waals surface area contributed by atoms with Gasteiger partial charge in [0.1, 0.15) is 0 Å². The fourth-order valence-electron chi connectivity index (χ4n) is 4.80. The van der Waals surface area contributed by atoms with E-state index in [4.69, 9.17) is 14.2 Å². The van der Waals surface area contributed by atoms with Crippen molar-refractivity contribution in [2.24, 2.45) is 0 Å². The normalized spacial score (nSPS) is 19.5. The molecule has 2 aliphatic rings. The van der Waals surface area contributed by atoms with Crippen LogP contribution in [0, 0.1) is 0 Å². The second-order valence-corrected chi connectivity index (χ2v) is 9.09. The van der Waals surface area contributed by atoms with Crippen LogP contribution in [0.15, 0.2) is 65.2 Å². The van der Waals surface area contributed by atoms with Crippen LogP contribution >= 0.6 is 11.3 Å². The molecule has 0 spiro atoms. The van der Waals surface area contributed by atoms with E-state index < -0.39 is 6.04 Å². The third kappa shape index (κ3) is 3.72. The molecule has 6 nitrogen and oxygen atoms in total. The number of methoxy groups -OCH3 is 3. The molecule has 2 N–H and O–H groups in total. The molecule has 2 heterocycles. The van der Waals surface area contributed by atoms with Crippen molar-refractivity contribution in [3.05, 3.63) is 75.6 Å². The summed E-state index contributed by atoms with van der Waals surface area (Å²) in [6, 6.07) is 15.6. The van der Waals surface area contributed by atoms with Crippen LogP contribution in [-0.4, -0.2) is 27.1 Å². The van der Waals surface area contributed by atoms with Gasteiger partial charge in [-0.3, -0.25) is 4.79 Å². The van der Waals surface area contributed by atoms with E-state index in [1.54, 1.807) is 32.7 Å². The quantitative estimate of drug-likeness (QED) is 0.503. The van der Waals surface area contributed by atoms with Crippen LogP contribution in [0.5, 0.6) is 17.2 Å². The highest BCUT2D eigenvalue weighted by Crippen LogP contribution is 2.49. The number of carbonyl (C=O) groups is 1. The summed E-state index contributed by atoms with van der Waals surface area (Å²) >= 11 is 1.71. The van der Waals surface area contributed by atoms with Gasteiger partial charge in [-0.05, 0) is 42.1 Å². The molecule has 0 fully saturated rings. The minimum Gasteiger partial charge on any atom is -0.493 e. The number of para-hydroxylation sites is 2. The first-order chi connectivity index (χ1) is 16.1. The van der Waals surface area contributed by atoms with Gasteiger partial charge in [-0.15, -0.1) is 11.3 Å². The Morgan fingerprint density at radius 1 is 0.879 bits per heavy atom. The first-order valence-electron chi connectivity index (χ1n) is 10.9. The monoisotopic (exact) mass is 462 g/mol. The largest absolute Gasteiger partial charge is 0.493 e. The van der Waals surface area contributed by atoms with Crippen LogP contribution in [0.3, 0.4) is 0 Å². The fraction of sp³-hybridized carbons (Fsp3) is 0.269. The Morgan fingerprint density at radius 2 is 1.67 bits per heavy atom. The van der Waals surface area contributed by atoms with Gasteiger partial charge in [0.2, 0.25) is 5.75 Å². The van der Waals surface area contributed by atoms with Crippen LogP contribution in [0.1, 0.15) is 35.2 Å². The highest BCUT2D eigenvalue weighted by atomic mass is 32.1. The molecule has 0 saturated heterocycles. The number of ketones is 1. The van der Waals surface area contributed by atoms with Crippen LogP contribution in [-0.2, 0) is 4.79 Å². The zero-order chi connectivity index (χ0) is 22.9. The molecule has 0 amide bonds. The lowest BCUT2D eigenvalue weighted by molar-refractivity contribution is -0.116. The van der Waals surface area contributed by atoms with Gasteiger partial charge in [0.25, 0.3) is 0 Å². The minimum absolute atomic E-state index is 0.129. The Hall–Kier alpha value is -3.45. The van der Waals surface area contributed by atoms with Gasteiger partial charge >= 0.3 is 0 Å². The van der Waals surface area contributed by atoms with E-state index in [0.29, 0.717) is 23.7 Å². The third-order valence-electron chi connectivity index (χ3n) is 6.30. The van der Waals surface area contributed by atoms with Crippen molar-refractivity contribution in [2.75, 3.05) is 32.0 Å². The average Bonchev–Trinajstić information content (AvgIpc) is 3.32. The number of allylic oxidation sites excluding steroid dienone is 1. The summed E-state index contributed by atoms with van der Waals surface area (Å²) in [5.74, 6) is 1.93. The lowest BCUT2D eigenvalue weighted by Gasteiger charge is -2.30. The molecule has 0 unspecified atom stereocenters. The van der Waals surface area contributed by atoms with Gasteiger partial charge in [-0.2, -0.15) is 0 Å². The Morgan fingerprint density at radius 3 is 2.36 bits per heavy atom. The number of benzene rings is 2. The lowest BCUT2D eigenvalue weighted by Crippen LogP contribution is -2.27. The van der Waals surface area contributed by atoms with E-state index >= 15 is 0 Å². The first kappa shape index (κ1) is 21.4. The van der Waals surface area contributed by atoms with Crippen LogP contribution in [0.25, 0.3) is 0 Å². The van der Waals surface area contributed by atoms with E-state index in [1.165, 1.54) is 4.88 Å². The van der Waals surface area contributed by atoms with E-state index in [1.807, 2.05) is 42.5 Å². The number of nitrogens with one attached hydrogen (secondary N) is 2. The zero-order valence-corrected chi connectivity index (χ0v) is 19.6. The molecule has 2 atom stereocenters. The van der Waals surface area contributed by atoms with Gasteiger partial charge in [0.05, 0.1) is 38.7 Å². The van der Waals surface area contributed by atoms with Crippen molar-refractivity contribution in [1.29, 1.82) is 0 Å². The molecule has 5 rings (SSSR count). The number of carbonyl (C=O) groups excluding carboxylic acids is 1. The summed E-state index contributed by atoms with van der Waals surface area (Å²) in [5.41, 5.74) is 4.39. The summed E-state index contributed by atoms with van der Waals surface area (Å²) in [7, 11) is 4.79. The molecule has 3 aromatic rings. The molecule has 1 aliphatic carbocycles. The number of rotatable bonds is 5. The number of fused-ring (bicyclic) bond motifs is 1. The maximum atomic E-state index is 13.7. The van der Waals surface area contributed by atoms with Crippen molar-refractivity contribution in [2.45, 2.75) is 24.8 Å². The maximum Gasteiger partial charge on any atom is 0.203 e. The molecular weight excluding hydrogens is 436 g/mol. The predicted octanol–water partition coefficient (Wildman–Crippen LogP) is 5.75. The average molecular weight is 463 g/mol. The van der Waals surface area contributed by atoms with Crippen LogP contribution < -0.4 is 24.8 Å². The summed E-state index contributed by atoms with van der Waals surface area (Å²) in [5, 5.41) is 9.25. The van der Waals surface area contributed by atoms with Crippen molar-refractivity contribution < 1.29 is 19.0 Å². The molecule has 1 aromatic heterocycles. The summed E-state index contributed by atoms with van der Waals surface area (Å²) in [4.78, 5) is 14.9. The Bertz CT molecular complexity index is 1220. The number of hydrogen-bond donors (Lipinski definition) is 2. The van der Waals surface area contributed by atoms with Gasteiger partial charge in [0.15, 0.2) is 17.3 Å². The number of anilines is 2. The van der Waals surface area contributed by atoms with Gasteiger partial charge in [-0.25, -0.2) is 0 Å². The molecule has 2 aromatic carbocycles. The van der Waals surface area contributed by atoms with Crippen molar-refractivity contribution in [1.82, 2.24) is 0 Å². The number of thiophene rings is 1. The Labute approximate surface area is 197 Å². The van der Waals surface area contributed by atoms with E-state index in [9.17, 15) is 4.79 Å². The third-order valence-corrected chi connectivity index (χ3v) is 7.33. The predicted molar refractivity (Wildman–Crippen MR) is 131 cm³/mol. The van der Waals surface area contributed by atoms with Gasteiger partial charge < -0.3 is 24.8 Å². The van der Waals surface area contributed by atoms with E-state index in [-0.39, 0.29) is 11.7 Å². The second kappa shape index (κ2) is 8.83. The number of ether oxygens (including phenoxy) is 3. The standard InChI is InChI=1S/C26H26N2O4S/c1-30-21-11-10-16(25(31-2)26(21)32-3)24-23-19(27-17-7-4-5-8-18(17)28-24)13-15(14-20(23)29)22-9-6-12-33-22/h4-12,15,24,27-28H,13-14H2,1-3H3/t15-,24+/m1/s1. The van der Waals surface area contributed by atoms with Crippen LogP contribution in [0.2, 0.25) is 0 Å². The Kier molecular flexibility index (Phi) is 5.72. The number of hydrogen-bond acceptors (Lipinski definition) is 7. The topological polar surface area (TPSA) is 68.8 Å². The summed E-state index contributed by atoms with van der Waals surface area (Å²) in [6.07, 6.45) is 1.24. The van der Waals surface area contributed by atoms with Crippen molar-refractivity contribution in [3.63, 3.8) is 0 Å². The lowest BCUT2D eigenvalue weighted by atomic mass is 9.80. The van der Waals surface area contributed by atoms with Crippen molar-refractivity contribution >= 4 is 28.5 Å².